The highest BCUT2D eigenvalue weighted by Crippen LogP contribution is 2.13. The maximum absolute atomic E-state index is 13.0. The molecule has 0 fully saturated rings. The zero-order valence-corrected chi connectivity index (χ0v) is 10.9. The summed E-state index contributed by atoms with van der Waals surface area (Å²) in [6, 6.07) is 3.27. The first-order valence-electron chi connectivity index (χ1n) is 5.54. The van der Waals surface area contributed by atoms with Crippen molar-refractivity contribution in [2.24, 2.45) is 5.73 Å². The molecule has 4 N–H and O–H groups in total. The molecule has 8 heteroatoms. The molecule has 0 radical (unpaired) electrons. The standard InChI is InChI=1S/C12H10F2N4OS/c13-8-2-1-6(3-9(8)14)4-10(19)17-12-7(11(15)20)5-16-18-12/h1-3,5H,4H2,(H2,15,20)(H2,16,17,18,19). The number of thiocarbonyl (C=S) groups is 1. The molecule has 20 heavy (non-hydrogen) atoms. The first kappa shape index (κ1) is 14.1. The minimum absolute atomic E-state index is 0.0851. The lowest BCUT2D eigenvalue weighted by molar-refractivity contribution is -0.115. The number of rotatable bonds is 4. The van der Waals surface area contributed by atoms with Crippen LogP contribution in [0, 0.1) is 11.6 Å². The number of anilines is 1. The Morgan fingerprint density at radius 1 is 1.40 bits per heavy atom. The summed E-state index contributed by atoms with van der Waals surface area (Å²) in [6.07, 6.45) is 1.27. The van der Waals surface area contributed by atoms with Gasteiger partial charge in [0.15, 0.2) is 11.6 Å². The number of hydrogen-bond acceptors (Lipinski definition) is 3. The number of amides is 1. The van der Waals surface area contributed by atoms with Gasteiger partial charge in [-0.2, -0.15) is 5.10 Å². The lowest BCUT2D eigenvalue weighted by Gasteiger charge is -2.05. The van der Waals surface area contributed by atoms with E-state index >= 15 is 0 Å². The number of benzene rings is 1. The number of hydrogen-bond donors (Lipinski definition) is 3. The normalized spacial score (nSPS) is 10.3. The van der Waals surface area contributed by atoms with Crippen molar-refractivity contribution in [3.05, 3.63) is 47.2 Å². The number of carbonyl (C=O) groups excluding carboxylic acids is 1. The third kappa shape index (κ3) is 3.15. The summed E-state index contributed by atoms with van der Waals surface area (Å²) in [6.45, 7) is 0. The molecule has 5 nitrogen and oxygen atoms in total. The summed E-state index contributed by atoms with van der Waals surface area (Å²) in [7, 11) is 0. The van der Waals surface area contributed by atoms with Gasteiger partial charge in [0.2, 0.25) is 5.91 Å². The minimum Gasteiger partial charge on any atom is -0.389 e. The van der Waals surface area contributed by atoms with Crippen LogP contribution in [-0.4, -0.2) is 21.1 Å². The molecule has 0 aliphatic carbocycles. The summed E-state index contributed by atoms with van der Waals surface area (Å²) in [5, 5.41) is 8.77. The summed E-state index contributed by atoms with van der Waals surface area (Å²) >= 11 is 4.79. The predicted molar refractivity (Wildman–Crippen MR) is 73.2 cm³/mol. The number of aromatic nitrogens is 2. The zero-order chi connectivity index (χ0) is 14.7. The van der Waals surface area contributed by atoms with Crippen LogP contribution in [0.3, 0.4) is 0 Å². The molecule has 0 unspecified atom stereocenters. The number of nitrogens with one attached hydrogen (secondary N) is 2. The van der Waals surface area contributed by atoms with Gasteiger partial charge in [-0.3, -0.25) is 9.89 Å². The van der Waals surface area contributed by atoms with E-state index in [9.17, 15) is 13.6 Å². The SMILES string of the molecule is NC(=S)c1cn[nH]c1NC(=O)Cc1ccc(F)c(F)c1. The number of nitrogens with two attached hydrogens (primary N) is 1. The summed E-state index contributed by atoms with van der Waals surface area (Å²) in [5.41, 5.74) is 6.20. The smallest absolute Gasteiger partial charge is 0.229 e. The van der Waals surface area contributed by atoms with E-state index < -0.39 is 17.5 Å². The second-order valence-corrected chi connectivity index (χ2v) is 4.44. The van der Waals surface area contributed by atoms with Gasteiger partial charge in [-0.1, -0.05) is 18.3 Å². The van der Waals surface area contributed by atoms with Crippen LogP contribution in [0.2, 0.25) is 0 Å². The highest BCUT2D eigenvalue weighted by molar-refractivity contribution is 7.80. The number of carbonyl (C=O) groups is 1. The van der Waals surface area contributed by atoms with Crippen molar-refractivity contribution >= 4 is 28.9 Å². The van der Waals surface area contributed by atoms with Crippen LogP contribution in [0.5, 0.6) is 0 Å². The van der Waals surface area contributed by atoms with Crippen LogP contribution in [0.1, 0.15) is 11.1 Å². The van der Waals surface area contributed by atoms with Crippen LogP contribution < -0.4 is 11.1 Å². The molecule has 0 saturated heterocycles. The molecule has 0 bridgehead atoms. The molecule has 0 spiro atoms. The van der Waals surface area contributed by atoms with E-state index in [4.69, 9.17) is 18.0 Å². The molecule has 1 aromatic heterocycles. The number of nitrogens with zero attached hydrogens (tertiary/aromatic N) is 1. The molecule has 104 valence electrons. The van der Waals surface area contributed by atoms with E-state index in [0.717, 1.165) is 12.1 Å². The summed E-state index contributed by atoms with van der Waals surface area (Å²) in [4.78, 5) is 11.9. The molecular formula is C12H10F2N4OS. The largest absolute Gasteiger partial charge is 0.389 e. The van der Waals surface area contributed by atoms with Crippen molar-refractivity contribution in [3.8, 4) is 0 Å². The van der Waals surface area contributed by atoms with Crippen molar-refractivity contribution < 1.29 is 13.6 Å². The molecule has 0 saturated carbocycles. The second-order valence-electron chi connectivity index (χ2n) is 4.00. The third-order valence-corrected chi connectivity index (χ3v) is 2.74. The highest BCUT2D eigenvalue weighted by Gasteiger charge is 2.12. The fourth-order valence-corrected chi connectivity index (χ4v) is 1.74. The van der Waals surface area contributed by atoms with E-state index in [2.05, 4.69) is 15.5 Å². The Balaban J connectivity index is 2.07. The van der Waals surface area contributed by atoms with Crippen LogP contribution in [-0.2, 0) is 11.2 Å². The van der Waals surface area contributed by atoms with Gasteiger partial charge in [-0.15, -0.1) is 0 Å². The molecular weight excluding hydrogens is 286 g/mol. The maximum atomic E-state index is 13.0. The lowest BCUT2D eigenvalue weighted by atomic mass is 10.1. The zero-order valence-electron chi connectivity index (χ0n) is 10.1. The van der Waals surface area contributed by atoms with Gasteiger partial charge >= 0.3 is 0 Å². The Kier molecular flexibility index (Phi) is 4.04. The Hall–Kier alpha value is -2.35. The van der Waals surface area contributed by atoms with Gasteiger partial charge in [-0.05, 0) is 17.7 Å². The molecule has 1 aromatic carbocycles. The van der Waals surface area contributed by atoms with Gasteiger partial charge in [0.25, 0.3) is 0 Å². The Morgan fingerprint density at radius 2 is 2.15 bits per heavy atom. The quantitative estimate of drug-likeness (QED) is 0.747. The fraction of sp³-hybridized carbons (Fsp3) is 0.0833. The van der Waals surface area contributed by atoms with Crippen molar-refractivity contribution in [1.82, 2.24) is 10.2 Å². The summed E-state index contributed by atoms with van der Waals surface area (Å²) < 4.78 is 25.8. The highest BCUT2D eigenvalue weighted by atomic mass is 32.1. The van der Waals surface area contributed by atoms with E-state index in [1.165, 1.54) is 12.3 Å². The van der Waals surface area contributed by atoms with Gasteiger partial charge in [0, 0.05) is 0 Å². The minimum atomic E-state index is -0.999. The van der Waals surface area contributed by atoms with Crippen molar-refractivity contribution in [1.29, 1.82) is 0 Å². The van der Waals surface area contributed by atoms with Gasteiger partial charge < -0.3 is 11.1 Å². The molecule has 1 amide bonds. The van der Waals surface area contributed by atoms with Gasteiger partial charge in [0.05, 0.1) is 18.2 Å². The predicted octanol–water partition coefficient (Wildman–Crippen LogP) is 1.50. The van der Waals surface area contributed by atoms with Gasteiger partial charge in [-0.25, -0.2) is 8.78 Å². The summed E-state index contributed by atoms with van der Waals surface area (Å²) in [5.74, 6) is -2.12. The number of halogens is 2. The van der Waals surface area contributed by atoms with Crippen LogP contribution in [0.4, 0.5) is 14.6 Å². The maximum Gasteiger partial charge on any atom is 0.229 e. The molecule has 1 heterocycles. The first-order chi connectivity index (χ1) is 9.47. The lowest BCUT2D eigenvalue weighted by Crippen LogP contribution is -2.18. The number of aromatic amines is 1. The van der Waals surface area contributed by atoms with Crippen molar-refractivity contribution in [2.45, 2.75) is 6.42 Å². The number of H-pyrrole nitrogens is 1. The van der Waals surface area contributed by atoms with Crippen LogP contribution in [0.25, 0.3) is 0 Å². The van der Waals surface area contributed by atoms with E-state index in [1.54, 1.807) is 0 Å². The molecule has 0 atom stereocenters. The molecule has 0 aliphatic rings. The molecule has 2 aromatic rings. The Labute approximate surface area is 118 Å². The second kappa shape index (κ2) is 5.74. The van der Waals surface area contributed by atoms with Crippen molar-refractivity contribution in [3.63, 3.8) is 0 Å². The average Bonchev–Trinajstić information content (AvgIpc) is 2.82. The Morgan fingerprint density at radius 3 is 2.80 bits per heavy atom. The third-order valence-electron chi connectivity index (χ3n) is 2.52. The van der Waals surface area contributed by atoms with E-state index in [0.29, 0.717) is 11.1 Å². The molecule has 0 aliphatic heterocycles. The first-order valence-corrected chi connectivity index (χ1v) is 5.95. The molecule has 2 rings (SSSR count). The fourth-order valence-electron chi connectivity index (χ4n) is 1.59. The van der Waals surface area contributed by atoms with Gasteiger partial charge in [0.1, 0.15) is 10.8 Å². The topological polar surface area (TPSA) is 83.8 Å². The van der Waals surface area contributed by atoms with E-state index in [-0.39, 0.29) is 17.2 Å². The van der Waals surface area contributed by atoms with E-state index in [1.807, 2.05) is 0 Å². The average molecular weight is 296 g/mol. The van der Waals surface area contributed by atoms with Crippen LogP contribution in [0.15, 0.2) is 24.4 Å². The van der Waals surface area contributed by atoms with Crippen LogP contribution >= 0.6 is 12.2 Å². The Bertz CT molecular complexity index is 671. The van der Waals surface area contributed by atoms with Crippen molar-refractivity contribution in [2.75, 3.05) is 5.32 Å². The monoisotopic (exact) mass is 296 g/mol.